The van der Waals surface area contributed by atoms with Crippen LogP contribution in [-0.2, 0) is 24.2 Å². The molecule has 1 unspecified atom stereocenters. The molecular formula is C55H61ClFN11O4. The Kier molecular flexibility index (Phi) is 13.9. The first-order valence-corrected chi connectivity index (χ1v) is 25.6. The van der Waals surface area contributed by atoms with E-state index in [4.69, 9.17) is 21.6 Å². The number of likely N-dealkylation sites (tertiary alicyclic amines) is 1. The molecule has 3 N–H and O–H groups in total. The third-order valence-corrected chi connectivity index (χ3v) is 15.6. The van der Waals surface area contributed by atoms with Gasteiger partial charge in [0.1, 0.15) is 17.3 Å². The minimum Gasteiger partial charge on any atom is -0.508 e. The highest BCUT2D eigenvalue weighted by molar-refractivity contribution is 6.36. The van der Waals surface area contributed by atoms with Crippen molar-refractivity contribution in [1.29, 1.82) is 5.26 Å². The first kappa shape index (κ1) is 48.7. The highest BCUT2D eigenvalue weighted by Crippen LogP contribution is 2.40. The molecule has 0 spiro atoms. The van der Waals surface area contributed by atoms with Crippen LogP contribution in [0, 0.1) is 23.2 Å². The van der Waals surface area contributed by atoms with Crippen molar-refractivity contribution in [2.24, 2.45) is 11.8 Å². The summed E-state index contributed by atoms with van der Waals surface area (Å²) in [7, 11) is 0. The maximum absolute atomic E-state index is 14.1. The first-order valence-electron chi connectivity index (χ1n) is 25.2. The number of piperidine rings is 2. The number of carbonyl (C=O) groups is 1. The zero-order valence-electron chi connectivity index (χ0n) is 40.9. The topological polar surface area (TPSA) is 174 Å². The molecule has 0 bridgehead atoms. The van der Waals surface area contributed by atoms with Gasteiger partial charge in [-0.2, -0.15) is 15.3 Å². The van der Waals surface area contributed by atoms with Crippen LogP contribution < -0.4 is 20.4 Å². The Morgan fingerprint density at radius 2 is 1.64 bits per heavy atom. The summed E-state index contributed by atoms with van der Waals surface area (Å²) < 4.78 is 15.6. The quantitative estimate of drug-likeness (QED) is 0.1000. The summed E-state index contributed by atoms with van der Waals surface area (Å²) in [6.07, 6.45) is 5.98. The van der Waals surface area contributed by atoms with Gasteiger partial charge in [-0.1, -0.05) is 68.4 Å². The highest BCUT2D eigenvalue weighted by atomic mass is 35.5. The zero-order chi connectivity index (χ0) is 50.2. The van der Waals surface area contributed by atoms with E-state index in [1.54, 1.807) is 6.07 Å². The third kappa shape index (κ3) is 9.84. The lowest BCUT2D eigenvalue weighted by molar-refractivity contribution is -0.131. The van der Waals surface area contributed by atoms with Crippen molar-refractivity contribution in [3.8, 4) is 34.6 Å². The molecule has 0 saturated carbocycles. The van der Waals surface area contributed by atoms with E-state index >= 15 is 0 Å². The van der Waals surface area contributed by atoms with Gasteiger partial charge in [0.15, 0.2) is 11.7 Å². The van der Waals surface area contributed by atoms with Crippen molar-refractivity contribution < 1.29 is 19.4 Å². The third-order valence-electron chi connectivity index (χ3n) is 15.3. The zero-order valence-corrected chi connectivity index (χ0v) is 41.7. The predicted octanol–water partition coefficient (Wildman–Crippen LogP) is 8.51. The first-order chi connectivity index (χ1) is 34.8. The molecule has 4 aliphatic rings. The number of phenolic OH excluding ortho intramolecular Hbond substituents is 2. The van der Waals surface area contributed by atoms with Gasteiger partial charge in [-0.3, -0.25) is 4.79 Å². The van der Waals surface area contributed by atoms with E-state index in [2.05, 4.69) is 78.8 Å². The van der Waals surface area contributed by atoms with E-state index < -0.39 is 23.5 Å². The summed E-state index contributed by atoms with van der Waals surface area (Å²) in [6.45, 7) is 14.3. The van der Waals surface area contributed by atoms with Gasteiger partial charge in [0.05, 0.1) is 47.0 Å². The lowest BCUT2D eigenvalue weighted by Gasteiger charge is -2.43. The maximum atomic E-state index is 14.1. The summed E-state index contributed by atoms with van der Waals surface area (Å²) in [4.78, 5) is 47.3. The summed E-state index contributed by atoms with van der Waals surface area (Å²) in [6, 6.07) is 24.9. The smallest absolute Gasteiger partial charge is 0.348 e. The van der Waals surface area contributed by atoms with Crippen molar-refractivity contribution in [2.45, 2.75) is 77.3 Å². The highest BCUT2D eigenvalue weighted by Gasteiger charge is 2.36. The van der Waals surface area contributed by atoms with Crippen LogP contribution >= 0.6 is 11.6 Å². The molecule has 4 aromatic carbocycles. The minimum atomic E-state index is -1.02. The number of hydrogen-bond acceptors (Lipinski definition) is 12. The number of H-pyrrole nitrogens is 1. The number of aromatic hydroxyl groups is 2. The number of hydrogen-bond donors (Lipinski definition) is 3. The largest absolute Gasteiger partial charge is 0.508 e. The molecule has 6 aromatic rings. The van der Waals surface area contributed by atoms with Gasteiger partial charge < -0.3 is 34.7 Å². The SMILES string of the molecule is C=C(F)C(=O)N1CCN(c2nc(N3CCC(CN4CCC(Cc5ccc(-n6c(-c7cc(C(C)C)c(O)cc7O)n[nH]c6=O)cc5)CC4)CC3)nc3c2CCN(c2cccc4cccc(Cl)c24)C3)CC1CC#N. The number of nitriles is 1. The van der Waals surface area contributed by atoms with Crippen LogP contribution in [0.1, 0.15) is 74.3 Å². The molecule has 0 radical (unpaired) electrons. The fraction of sp³-hybridized carbons (Fsp3) is 0.418. The number of fused-ring (bicyclic) bond motifs is 2. The van der Waals surface area contributed by atoms with E-state index in [1.165, 1.54) is 21.1 Å². The fourth-order valence-electron chi connectivity index (χ4n) is 11.4. The number of rotatable bonds is 12. The molecule has 17 heteroatoms. The van der Waals surface area contributed by atoms with Crippen LogP contribution in [-0.4, -0.2) is 116 Å². The van der Waals surface area contributed by atoms with Gasteiger partial charge in [-0.25, -0.2) is 23.8 Å². The van der Waals surface area contributed by atoms with E-state index in [0.29, 0.717) is 65.7 Å². The lowest BCUT2D eigenvalue weighted by Crippen LogP contribution is -2.56. The van der Waals surface area contributed by atoms with Crippen molar-refractivity contribution in [3.05, 3.63) is 123 Å². The van der Waals surface area contributed by atoms with Crippen molar-refractivity contribution in [3.63, 3.8) is 0 Å². The number of anilines is 3. The molecule has 374 valence electrons. The second-order valence-corrected chi connectivity index (χ2v) is 20.6. The normalized spacial score (nSPS) is 18.2. The van der Waals surface area contributed by atoms with Crippen LogP contribution in [0.2, 0.25) is 5.02 Å². The second-order valence-electron chi connectivity index (χ2n) is 20.2. The number of phenols is 2. The number of halogens is 2. The van der Waals surface area contributed by atoms with Gasteiger partial charge in [0.25, 0.3) is 5.91 Å². The number of amides is 1. The summed E-state index contributed by atoms with van der Waals surface area (Å²) in [5.74, 6) is 0.959. The molecule has 2 aromatic heterocycles. The van der Waals surface area contributed by atoms with Gasteiger partial charge in [-0.15, -0.1) is 0 Å². The van der Waals surface area contributed by atoms with Crippen LogP contribution in [0.15, 0.2) is 90.0 Å². The van der Waals surface area contributed by atoms with E-state index in [9.17, 15) is 29.5 Å². The number of carbonyl (C=O) groups excluding carboxylic acids is 1. The lowest BCUT2D eigenvalue weighted by atomic mass is 9.89. The van der Waals surface area contributed by atoms with E-state index in [1.807, 2.05) is 38.1 Å². The molecule has 15 nitrogen and oxygen atoms in total. The van der Waals surface area contributed by atoms with E-state index in [-0.39, 0.29) is 36.2 Å². The van der Waals surface area contributed by atoms with Gasteiger partial charge in [0.2, 0.25) is 5.95 Å². The second kappa shape index (κ2) is 20.6. The van der Waals surface area contributed by atoms with Gasteiger partial charge >= 0.3 is 5.69 Å². The number of nitrogens with zero attached hydrogens (tertiary/aromatic N) is 10. The fourth-order valence-corrected chi connectivity index (χ4v) is 11.7. The molecule has 1 amide bonds. The van der Waals surface area contributed by atoms with Gasteiger partial charge in [-0.05, 0) is 116 Å². The Balaban J connectivity index is 0.787. The molecule has 0 aliphatic carbocycles. The standard InChI is InChI=1S/C55H61ClFN11O4/c1-34(2)43-29-44(49(70)30-48(43)69)52-61-62-55(72)68(52)40-12-10-36(11-13-40)28-37-15-21-63(22-16-37)31-38-17-23-64(24-18-38)54-59-46-33-65(47-9-5-7-39-6-4-8-45(56)50(39)47)25-19-42(46)51(60-54)66-26-27-67(53(71)35(3)57)41(32-66)14-20-58/h4-13,29-30,34,37-38,41,69-70H,3,14-19,21-28,31-33H2,1-2H3,(H,62,72). The summed E-state index contributed by atoms with van der Waals surface area (Å²) in [5, 5.41) is 40.5. The van der Waals surface area contributed by atoms with Crippen LogP contribution in [0.4, 0.5) is 21.8 Å². The van der Waals surface area contributed by atoms with E-state index in [0.717, 1.165) is 105 Å². The summed E-state index contributed by atoms with van der Waals surface area (Å²) >= 11 is 6.82. The Morgan fingerprint density at radius 3 is 2.36 bits per heavy atom. The Morgan fingerprint density at radius 1 is 0.903 bits per heavy atom. The number of benzene rings is 4. The summed E-state index contributed by atoms with van der Waals surface area (Å²) in [5.41, 5.74) is 5.53. The molecule has 6 heterocycles. The molecule has 3 saturated heterocycles. The Labute approximate surface area is 423 Å². The molecule has 72 heavy (non-hydrogen) atoms. The number of aromatic amines is 1. The minimum absolute atomic E-state index is 0.000175. The predicted molar refractivity (Wildman–Crippen MR) is 279 cm³/mol. The molecule has 3 fully saturated rings. The molecular weight excluding hydrogens is 933 g/mol. The number of nitrogens with one attached hydrogen (secondary N) is 1. The maximum Gasteiger partial charge on any atom is 0.348 e. The van der Waals surface area contributed by atoms with Crippen LogP contribution in [0.5, 0.6) is 11.5 Å². The van der Waals surface area contributed by atoms with Crippen molar-refractivity contribution in [1.82, 2.24) is 34.5 Å². The van der Waals surface area contributed by atoms with Crippen LogP contribution in [0.25, 0.3) is 27.8 Å². The average molecular weight is 995 g/mol. The van der Waals surface area contributed by atoms with Crippen molar-refractivity contribution in [2.75, 3.05) is 73.6 Å². The molecule has 10 rings (SSSR count). The molecule has 1 atom stereocenters. The van der Waals surface area contributed by atoms with Gasteiger partial charge in [0, 0.05) is 68.5 Å². The number of piperazine rings is 1. The Bertz CT molecular complexity index is 3090. The van der Waals surface area contributed by atoms with Crippen LogP contribution in [0.3, 0.4) is 0 Å². The van der Waals surface area contributed by atoms with Crippen molar-refractivity contribution >= 4 is 45.7 Å². The number of aromatic nitrogens is 5. The molecule has 4 aliphatic heterocycles. The Hall–Kier alpha value is -6.96. The monoisotopic (exact) mass is 993 g/mol. The average Bonchev–Trinajstić information content (AvgIpc) is 3.76.